The first-order valence-electron chi connectivity index (χ1n) is 5.33. The quantitative estimate of drug-likeness (QED) is 0.768. The van der Waals surface area contributed by atoms with Gasteiger partial charge >= 0.3 is 0 Å². The summed E-state index contributed by atoms with van der Waals surface area (Å²) in [4.78, 5) is 11.6. The lowest BCUT2D eigenvalue weighted by Crippen LogP contribution is -2.37. The Labute approximate surface area is 90.7 Å². The Morgan fingerprint density at radius 1 is 1.40 bits per heavy atom. The van der Waals surface area contributed by atoms with Crippen molar-refractivity contribution in [3.8, 4) is 0 Å². The molecule has 1 rings (SSSR count). The minimum absolute atomic E-state index is 0.0536. The van der Waals surface area contributed by atoms with Crippen LogP contribution in [0.25, 0.3) is 0 Å². The first kappa shape index (κ1) is 11.7. The largest absolute Gasteiger partial charge is 0.350 e. The summed E-state index contributed by atoms with van der Waals surface area (Å²) in [6.07, 6.45) is 1.98. The van der Waals surface area contributed by atoms with Crippen molar-refractivity contribution in [3.05, 3.63) is 35.9 Å². The van der Waals surface area contributed by atoms with Gasteiger partial charge in [-0.05, 0) is 18.6 Å². The van der Waals surface area contributed by atoms with E-state index in [4.69, 9.17) is 5.73 Å². The molecule has 0 aromatic heterocycles. The Bertz CT molecular complexity index is 298. The maximum atomic E-state index is 11.6. The molecule has 0 fully saturated rings. The lowest BCUT2D eigenvalue weighted by molar-refractivity contribution is 0.0950. The van der Waals surface area contributed by atoms with E-state index in [9.17, 15) is 4.79 Å². The summed E-state index contributed by atoms with van der Waals surface area (Å²) in [5.74, 6) is -0.0536. The van der Waals surface area contributed by atoms with Crippen LogP contribution in [0.2, 0.25) is 0 Å². The predicted molar refractivity (Wildman–Crippen MR) is 61.7 cm³/mol. The minimum Gasteiger partial charge on any atom is -0.350 e. The molecule has 0 saturated carbocycles. The van der Waals surface area contributed by atoms with Gasteiger partial charge in [-0.1, -0.05) is 31.5 Å². The average molecular weight is 206 g/mol. The topological polar surface area (TPSA) is 55.1 Å². The molecule has 0 heterocycles. The summed E-state index contributed by atoms with van der Waals surface area (Å²) in [6, 6.07) is 9.23. The fraction of sp³-hybridized carbons (Fsp3) is 0.417. The van der Waals surface area contributed by atoms with Gasteiger partial charge in [-0.25, -0.2) is 0 Å². The Morgan fingerprint density at radius 2 is 2.07 bits per heavy atom. The number of carbonyl (C=O) groups excluding carboxylic acids is 1. The summed E-state index contributed by atoms with van der Waals surface area (Å²) >= 11 is 0. The monoisotopic (exact) mass is 206 g/mol. The highest BCUT2D eigenvalue weighted by molar-refractivity contribution is 5.94. The van der Waals surface area contributed by atoms with Crippen LogP contribution in [0.1, 0.15) is 30.1 Å². The number of benzene rings is 1. The number of carbonyl (C=O) groups is 1. The van der Waals surface area contributed by atoms with Crippen LogP contribution in [0.5, 0.6) is 0 Å². The smallest absolute Gasteiger partial charge is 0.251 e. The van der Waals surface area contributed by atoms with Crippen LogP contribution in [-0.4, -0.2) is 18.5 Å². The molecule has 0 aliphatic carbocycles. The van der Waals surface area contributed by atoms with E-state index in [1.54, 1.807) is 12.1 Å². The molecule has 0 aliphatic heterocycles. The van der Waals surface area contributed by atoms with E-state index in [1.165, 1.54) is 0 Å². The van der Waals surface area contributed by atoms with E-state index in [-0.39, 0.29) is 11.9 Å². The van der Waals surface area contributed by atoms with Crippen molar-refractivity contribution in [1.82, 2.24) is 5.32 Å². The molecule has 0 spiro atoms. The number of rotatable bonds is 5. The van der Waals surface area contributed by atoms with Gasteiger partial charge in [0.15, 0.2) is 0 Å². The van der Waals surface area contributed by atoms with Crippen molar-refractivity contribution in [1.29, 1.82) is 0 Å². The third kappa shape index (κ3) is 4.13. The molecular formula is C12H18N2O. The van der Waals surface area contributed by atoms with E-state index in [1.807, 2.05) is 18.2 Å². The molecule has 0 saturated heterocycles. The zero-order valence-electron chi connectivity index (χ0n) is 9.07. The van der Waals surface area contributed by atoms with Gasteiger partial charge in [-0.3, -0.25) is 4.79 Å². The number of nitrogens with one attached hydrogen (secondary N) is 1. The van der Waals surface area contributed by atoms with Crippen molar-refractivity contribution in [2.45, 2.75) is 25.8 Å². The third-order valence-corrected chi connectivity index (χ3v) is 2.22. The molecule has 82 valence electrons. The summed E-state index contributed by atoms with van der Waals surface area (Å²) in [5, 5.41) is 2.82. The standard InChI is InChI=1S/C12H18N2O/c1-2-6-11(13)9-14-12(15)10-7-4-3-5-8-10/h3-5,7-8,11H,2,6,9,13H2,1H3,(H,14,15). The van der Waals surface area contributed by atoms with Gasteiger partial charge in [0.1, 0.15) is 0 Å². The molecular weight excluding hydrogens is 188 g/mol. The SMILES string of the molecule is CCCC(N)CNC(=O)c1ccccc1. The number of hydrogen-bond acceptors (Lipinski definition) is 2. The van der Waals surface area contributed by atoms with Gasteiger partial charge in [-0.2, -0.15) is 0 Å². The summed E-state index contributed by atoms with van der Waals surface area (Å²) in [6.45, 7) is 2.63. The molecule has 15 heavy (non-hydrogen) atoms. The molecule has 1 aromatic carbocycles. The first-order valence-corrected chi connectivity index (χ1v) is 5.33. The number of nitrogens with two attached hydrogens (primary N) is 1. The maximum Gasteiger partial charge on any atom is 0.251 e. The van der Waals surface area contributed by atoms with Crippen LogP contribution < -0.4 is 11.1 Å². The van der Waals surface area contributed by atoms with Gasteiger partial charge < -0.3 is 11.1 Å². The van der Waals surface area contributed by atoms with E-state index in [0.29, 0.717) is 12.1 Å². The molecule has 1 amide bonds. The lowest BCUT2D eigenvalue weighted by atomic mass is 10.1. The zero-order chi connectivity index (χ0) is 11.1. The highest BCUT2D eigenvalue weighted by atomic mass is 16.1. The fourth-order valence-electron chi connectivity index (χ4n) is 1.39. The number of hydrogen-bond donors (Lipinski definition) is 2. The second-order valence-electron chi connectivity index (χ2n) is 3.62. The first-order chi connectivity index (χ1) is 7.24. The molecule has 0 bridgehead atoms. The second kappa shape index (κ2) is 6.19. The molecule has 3 heteroatoms. The molecule has 1 unspecified atom stereocenters. The highest BCUT2D eigenvalue weighted by Gasteiger charge is 2.06. The van der Waals surface area contributed by atoms with Crippen molar-refractivity contribution in [2.75, 3.05) is 6.54 Å². The second-order valence-corrected chi connectivity index (χ2v) is 3.62. The summed E-state index contributed by atoms with van der Waals surface area (Å²) < 4.78 is 0. The Hall–Kier alpha value is -1.35. The Morgan fingerprint density at radius 3 is 2.67 bits per heavy atom. The molecule has 3 N–H and O–H groups in total. The van der Waals surface area contributed by atoms with E-state index >= 15 is 0 Å². The van der Waals surface area contributed by atoms with E-state index in [0.717, 1.165) is 12.8 Å². The van der Waals surface area contributed by atoms with E-state index < -0.39 is 0 Å². The molecule has 1 atom stereocenters. The van der Waals surface area contributed by atoms with Crippen LogP contribution in [0.4, 0.5) is 0 Å². The molecule has 1 aromatic rings. The van der Waals surface area contributed by atoms with Crippen LogP contribution in [-0.2, 0) is 0 Å². The van der Waals surface area contributed by atoms with Gasteiger partial charge in [0.2, 0.25) is 0 Å². The summed E-state index contributed by atoms with van der Waals surface area (Å²) in [7, 11) is 0. The molecule has 0 aliphatic rings. The predicted octanol–water partition coefficient (Wildman–Crippen LogP) is 1.54. The van der Waals surface area contributed by atoms with Crippen LogP contribution in [0, 0.1) is 0 Å². The van der Waals surface area contributed by atoms with Crippen molar-refractivity contribution < 1.29 is 4.79 Å². The van der Waals surface area contributed by atoms with Crippen LogP contribution in [0.15, 0.2) is 30.3 Å². The summed E-state index contributed by atoms with van der Waals surface area (Å²) in [5.41, 5.74) is 6.48. The zero-order valence-corrected chi connectivity index (χ0v) is 9.07. The highest BCUT2D eigenvalue weighted by Crippen LogP contribution is 1.98. The van der Waals surface area contributed by atoms with Crippen molar-refractivity contribution in [3.63, 3.8) is 0 Å². The van der Waals surface area contributed by atoms with Gasteiger partial charge in [0, 0.05) is 18.2 Å². The van der Waals surface area contributed by atoms with Crippen LogP contribution >= 0.6 is 0 Å². The Balaban J connectivity index is 2.37. The third-order valence-electron chi connectivity index (χ3n) is 2.22. The van der Waals surface area contributed by atoms with Crippen molar-refractivity contribution >= 4 is 5.91 Å². The fourth-order valence-corrected chi connectivity index (χ4v) is 1.39. The van der Waals surface area contributed by atoms with Crippen LogP contribution in [0.3, 0.4) is 0 Å². The van der Waals surface area contributed by atoms with Gasteiger partial charge in [-0.15, -0.1) is 0 Å². The van der Waals surface area contributed by atoms with E-state index in [2.05, 4.69) is 12.2 Å². The van der Waals surface area contributed by atoms with Gasteiger partial charge in [0.25, 0.3) is 5.91 Å². The Kier molecular flexibility index (Phi) is 4.84. The molecule has 3 nitrogen and oxygen atoms in total. The normalized spacial score (nSPS) is 12.1. The minimum atomic E-state index is -0.0536. The lowest BCUT2D eigenvalue weighted by Gasteiger charge is -2.11. The molecule has 0 radical (unpaired) electrons. The van der Waals surface area contributed by atoms with Gasteiger partial charge in [0.05, 0.1) is 0 Å². The number of amides is 1. The average Bonchev–Trinajstić information content (AvgIpc) is 2.27. The maximum absolute atomic E-state index is 11.6. The van der Waals surface area contributed by atoms with Crippen molar-refractivity contribution in [2.24, 2.45) is 5.73 Å².